The number of carbonyl (C=O) groups is 1. The van der Waals surface area contributed by atoms with Gasteiger partial charge in [-0.3, -0.25) is 4.79 Å². The third kappa shape index (κ3) is 9.73. The molecule has 5 rings (SSSR count). The third-order valence-corrected chi connectivity index (χ3v) is 6.68. The number of ether oxygens (including phenoxy) is 1. The van der Waals surface area contributed by atoms with Crippen molar-refractivity contribution in [3.05, 3.63) is 137 Å². The highest BCUT2D eigenvalue weighted by Crippen LogP contribution is 2.39. The number of aromatic nitrogens is 1. The number of amides is 1. The zero-order chi connectivity index (χ0) is 31.2. The minimum absolute atomic E-state index is 0.153. The zero-order valence-electron chi connectivity index (χ0n) is 25.3. The van der Waals surface area contributed by atoms with Gasteiger partial charge in [0.15, 0.2) is 0 Å². The van der Waals surface area contributed by atoms with Crippen molar-refractivity contribution in [3.63, 3.8) is 0 Å². The maximum Gasteiger partial charge on any atom is 0.244 e. The van der Waals surface area contributed by atoms with Crippen LogP contribution >= 0.6 is 11.6 Å². The predicted molar refractivity (Wildman–Crippen MR) is 181 cm³/mol. The molecule has 0 saturated heterocycles. The van der Waals surface area contributed by atoms with Crippen molar-refractivity contribution in [3.8, 4) is 22.3 Å². The minimum atomic E-state index is -0.211. The number of nitrogens with one attached hydrogen (secondary N) is 1. The SMILES string of the molecule is C=CC.CC.Cc1ccc(-c2ccc(C3CC=C(CNC(=O)/C=C/c4ccc(N)nc4)O3)c(-c3cccc(Cl)c3)c2)cc1. The van der Waals surface area contributed by atoms with Crippen molar-refractivity contribution in [2.75, 3.05) is 12.3 Å². The van der Waals surface area contributed by atoms with Crippen molar-refractivity contribution in [2.45, 2.75) is 40.2 Å². The highest BCUT2D eigenvalue weighted by molar-refractivity contribution is 6.30. The lowest BCUT2D eigenvalue weighted by Crippen LogP contribution is -2.23. The fourth-order valence-corrected chi connectivity index (χ4v) is 4.60. The van der Waals surface area contributed by atoms with E-state index in [-0.39, 0.29) is 12.0 Å². The van der Waals surface area contributed by atoms with Gasteiger partial charge in [-0.2, -0.15) is 0 Å². The Labute approximate surface area is 260 Å². The highest BCUT2D eigenvalue weighted by Gasteiger charge is 2.24. The van der Waals surface area contributed by atoms with Crippen LogP contribution in [0.15, 0.2) is 116 Å². The van der Waals surface area contributed by atoms with E-state index in [4.69, 9.17) is 22.1 Å². The number of nitrogen functional groups attached to an aromatic ring is 1. The van der Waals surface area contributed by atoms with Crippen LogP contribution in [0.2, 0.25) is 5.02 Å². The number of aryl methyl sites for hydroxylation is 1. The molecule has 3 aromatic carbocycles. The number of pyridine rings is 1. The molecule has 0 saturated carbocycles. The number of nitrogens with zero attached hydrogens (tertiary/aromatic N) is 1. The summed E-state index contributed by atoms with van der Waals surface area (Å²) in [4.78, 5) is 16.3. The van der Waals surface area contributed by atoms with E-state index in [0.717, 1.165) is 45.6 Å². The van der Waals surface area contributed by atoms with Gasteiger partial charge in [0.25, 0.3) is 0 Å². The molecule has 1 amide bonds. The average molecular weight is 594 g/mol. The molecule has 1 aromatic heterocycles. The van der Waals surface area contributed by atoms with Gasteiger partial charge in [-0.25, -0.2) is 4.98 Å². The molecule has 1 unspecified atom stereocenters. The van der Waals surface area contributed by atoms with Crippen LogP contribution in [0.25, 0.3) is 28.3 Å². The van der Waals surface area contributed by atoms with Crippen LogP contribution in [0.4, 0.5) is 5.82 Å². The second-order valence-electron chi connectivity index (χ2n) is 9.67. The van der Waals surface area contributed by atoms with Crippen LogP contribution in [-0.4, -0.2) is 17.4 Å². The van der Waals surface area contributed by atoms with E-state index in [9.17, 15) is 4.79 Å². The molecule has 0 spiro atoms. The van der Waals surface area contributed by atoms with E-state index in [2.05, 4.69) is 72.3 Å². The van der Waals surface area contributed by atoms with Crippen molar-refractivity contribution >= 4 is 29.4 Å². The summed E-state index contributed by atoms with van der Waals surface area (Å²) in [7, 11) is 0. The molecule has 222 valence electrons. The smallest absolute Gasteiger partial charge is 0.244 e. The number of hydrogen-bond donors (Lipinski definition) is 2. The molecular formula is C37H40ClN3O2. The summed E-state index contributed by atoms with van der Waals surface area (Å²) < 4.78 is 6.29. The van der Waals surface area contributed by atoms with E-state index < -0.39 is 0 Å². The summed E-state index contributed by atoms with van der Waals surface area (Å²) in [6, 6.07) is 26.4. The first-order chi connectivity index (χ1) is 20.9. The Balaban J connectivity index is 0.000000953. The molecule has 0 bridgehead atoms. The predicted octanol–water partition coefficient (Wildman–Crippen LogP) is 9.35. The standard InChI is InChI=1S/C32H28ClN3O2.C3H6.C2H6/c1-21-5-9-23(10-6-21)24-11-13-28(29(18-24)25-3-2-4-26(33)17-25)30-14-12-27(38-30)20-36-32(37)16-8-22-7-15-31(34)35-19-22;1-3-2;1-2/h2-13,15-19,30H,14,20H2,1H3,(H2,34,35)(H,36,37);3H,1H2,2H3;1-2H3/b16-8+;;. The second-order valence-corrected chi connectivity index (χ2v) is 10.1. The van der Waals surface area contributed by atoms with Gasteiger partial charge in [-0.1, -0.05) is 85.6 Å². The molecule has 2 heterocycles. The molecule has 1 atom stereocenters. The van der Waals surface area contributed by atoms with E-state index in [0.29, 0.717) is 17.4 Å². The molecule has 6 heteroatoms. The van der Waals surface area contributed by atoms with Gasteiger partial charge in [0, 0.05) is 29.3 Å². The quantitative estimate of drug-likeness (QED) is 0.165. The van der Waals surface area contributed by atoms with Gasteiger partial charge in [-0.15, -0.1) is 6.58 Å². The topological polar surface area (TPSA) is 77.2 Å². The van der Waals surface area contributed by atoms with E-state index in [1.165, 1.54) is 11.6 Å². The van der Waals surface area contributed by atoms with E-state index in [1.54, 1.807) is 30.5 Å². The van der Waals surface area contributed by atoms with Crippen molar-refractivity contribution in [1.82, 2.24) is 10.3 Å². The van der Waals surface area contributed by atoms with Crippen molar-refractivity contribution < 1.29 is 9.53 Å². The second kappa shape index (κ2) is 16.7. The molecular weight excluding hydrogens is 554 g/mol. The number of halogens is 1. The average Bonchev–Trinajstić information content (AvgIpc) is 3.50. The normalized spacial score (nSPS) is 13.5. The molecule has 0 fully saturated rings. The van der Waals surface area contributed by atoms with E-state index in [1.807, 2.05) is 45.0 Å². The first-order valence-electron chi connectivity index (χ1n) is 14.4. The number of anilines is 1. The summed E-state index contributed by atoms with van der Waals surface area (Å²) >= 11 is 6.35. The van der Waals surface area contributed by atoms with Crippen molar-refractivity contribution in [2.24, 2.45) is 0 Å². The molecule has 5 nitrogen and oxygen atoms in total. The maximum atomic E-state index is 12.3. The lowest BCUT2D eigenvalue weighted by atomic mass is 9.91. The van der Waals surface area contributed by atoms with Crippen LogP contribution in [0, 0.1) is 6.92 Å². The molecule has 1 aliphatic rings. The number of carbonyl (C=O) groups excluding carboxylic acids is 1. The Morgan fingerprint density at radius 1 is 1.05 bits per heavy atom. The summed E-state index contributed by atoms with van der Waals surface area (Å²) in [5, 5.41) is 3.57. The summed E-state index contributed by atoms with van der Waals surface area (Å²) in [6.07, 6.45) is 9.14. The molecule has 4 aromatic rings. The van der Waals surface area contributed by atoms with Gasteiger partial charge in [0.2, 0.25) is 5.91 Å². The van der Waals surface area contributed by atoms with Gasteiger partial charge >= 0.3 is 0 Å². The molecule has 43 heavy (non-hydrogen) atoms. The fraction of sp³-hybridized carbons (Fsp3) is 0.189. The monoisotopic (exact) mass is 593 g/mol. The highest BCUT2D eigenvalue weighted by atomic mass is 35.5. The van der Waals surface area contributed by atoms with Crippen LogP contribution in [0.1, 0.15) is 50.0 Å². The molecule has 3 N–H and O–H groups in total. The number of benzene rings is 3. The first kappa shape index (κ1) is 32.9. The van der Waals surface area contributed by atoms with Crippen molar-refractivity contribution in [1.29, 1.82) is 0 Å². The minimum Gasteiger partial charge on any atom is -0.488 e. The number of rotatable bonds is 7. The van der Waals surface area contributed by atoms with Crippen LogP contribution < -0.4 is 11.1 Å². The summed E-state index contributed by atoms with van der Waals surface area (Å²) in [5.74, 6) is 0.970. The van der Waals surface area contributed by atoms with Gasteiger partial charge in [0.05, 0.1) is 6.54 Å². The fourth-order valence-electron chi connectivity index (χ4n) is 4.41. The van der Waals surface area contributed by atoms with Crippen LogP contribution in [0.3, 0.4) is 0 Å². The maximum absolute atomic E-state index is 12.3. The van der Waals surface area contributed by atoms with Crippen LogP contribution in [0.5, 0.6) is 0 Å². The number of allylic oxidation sites excluding steroid dienone is 1. The van der Waals surface area contributed by atoms with Gasteiger partial charge < -0.3 is 15.8 Å². The molecule has 0 aliphatic carbocycles. The van der Waals surface area contributed by atoms with Gasteiger partial charge in [-0.05, 0) is 84.1 Å². The summed E-state index contributed by atoms with van der Waals surface area (Å²) in [6.45, 7) is 11.6. The van der Waals surface area contributed by atoms with E-state index >= 15 is 0 Å². The third-order valence-electron chi connectivity index (χ3n) is 6.45. The van der Waals surface area contributed by atoms with Gasteiger partial charge in [0.1, 0.15) is 17.7 Å². The lowest BCUT2D eigenvalue weighted by molar-refractivity contribution is -0.116. The Morgan fingerprint density at radius 2 is 1.77 bits per heavy atom. The Kier molecular flexibility index (Phi) is 12.8. The summed E-state index contributed by atoms with van der Waals surface area (Å²) in [5.41, 5.74) is 13.1. The Bertz CT molecular complexity index is 1560. The number of hydrogen-bond acceptors (Lipinski definition) is 4. The molecule has 1 aliphatic heterocycles. The largest absolute Gasteiger partial charge is 0.488 e. The first-order valence-corrected chi connectivity index (χ1v) is 14.8. The Hall–Kier alpha value is -4.61. The van der Waals surface area contributed by atoms with Crippen LogP contribution in [-0.2, 0) is 9.53 Å². The number of nitrogens with two attached hydrogens (primary N) is 1. The zero-order valence-corrected chi connectivity index (χ0v) is 26.1. The lowest BCUT2D eigenvalue weighted by Gasteiger charge is -2.19. The molecule has 0 radical (unpaired) electrons. The Morgan fingerprint density at radius 3 is 2.44 bits per heavy atom.